The number of methoxy groups -OCH3 is 1. The van der Waals surface area contributed by atoms with Crippen molar-refractivity contribution in [3.05, 3.63) is 47.3 Å². The molecular weight excluding hydrogens is 308 g/mol. The predicted octanol–water partition coefficient (Wildman–Crippen LogP) is 2.28. The number of hydrogen-bond acceptors (Lipinski definition) is 5. The van der Waals surface area contributed by atoms with Crippen molar-refractivity contribution < 1.29 is 19.2 Å². The molecule has 128 valence electrons. The summed E-state index contributed by atoms with van der Waals surface area (Å²) in [6.45, 7) is 1.82. The van der Waals surface area contributed by atoms with Crippen LogP contribution < -0.4 is 10.1 Å². The van der Waals surface area contributed by atoms with Crippen LogP contribution in [0, 0.1) is 0 Å². The molecule has 0 radical (unpaired) electrons. The largest absolute Gasteiger partial charge is 0.497 e. The molecule has 3 rings (SSSR count). The lowest BCUT2D eigenvalue weighted by Gasteiger charge is -2.23. The Morgan fingerprint density at radius 3 is 2.75 bits per heavy atom. The van der Waals surface area contributed by atoms with E-state index in [1.165, 1.54) is 0 Å². The molecule has 1 saturated carbocycles. The van der Waals surface area contributed by atoms with Gasteiger partial charge in [-0.15, -0.1) is 0 Å². The zero-order valence-corrected chi connectivity index (χ0v) is 13.9. The fraction of sp³-hybridized carbons (Fsp3) is 0.444. The van der Waals surface area contributed by atoms with Crippen LogP contribution in [0.4, 0.5) is 0 Å². The van der Waals surface area contributed by atoms with Gasteiger partial charge in [0.1, 0.15) is 11.5 Å². The maximum absolute atomic E-state index is 12.1. The van der Waals surface area contributed by atoms with E-state index in [2.05, 4.69) is 10.5 Å². The molecule has 1 aromatic heterocycles. The molecule has 0 unspecified atom stereocenters. The number of ether oxygens (including phenoxy) is 1. The first-order chi connectivity index (χ1) is 11.5. The number of nitrogens with zero attached hydrogens (tertiary/aromatic N) is 1. The number of rotatable bonds is 7. The zero-order valence-electron chi connectivity index (χ0n) is 13.9. The Hall–Kier alpha value is -2.34. The molecule has 0 spiro atoms. The fourth-order valence-electron chi connectivity index (χ4n) is 2.56. The Morgan fingerprint density at radius 1 is 1.42 bits per heavy atom. The van der Waals surface area contributed by atoms with E-state index in [4.69, 9.17) is 9.26 Å². The van der Waals surface area contributed by atoms with Crippen LogP contribution in [0.1, 0.15) is 47.5 Å². The van der Waals surface area contributed by atoms with Crippen molar-refractivity contribution in [1.82, 2.24) is 10.5 Å². The summed E-state index contributed by atoms with van der Waals surface area (Å²) in [6.07, 6.45) is 2.60. The van der Waals surface area contributed by atoms with Crippen molar-refractivity contribution in [3.8, 4) is 5.75 Å². The summed E-state index contributed by atoms with van der Waals surface area (Å²) in [5, 5.41) is 17.0. The second-order valence-corrected chi connectivity index (χ2v) is 6.59. The van der Waals surface area contributed by atoms with Gasteiger partial charge in [-0.2, -0.15) is 0 Å². The third kappa shape index (κ3) is 4.14. The summed E-state index contributed by atoms with van der Waals surface area (Å²) in [7, 11) is 1.61. The highest BCUT2D eigenvalue weighted by atomic mass is 16.5. The highest BCUT2D eigenvalue weighted by molar-refractivity contribution is 5.92. The molecule has 1 aromatic carbocycles. The topological polar surface area (TPSA) is 84.6 Å². The monoisotopic (exact) mass is 330 g/mol. The molecule has 6 heteroatoms. The summed E-state index contributed by atoms with van der Waals surface area (Å²) < 4.78 is 10.3. The second kappa shape index (κ2) is 6.65. The molecular formula is C18H22N2O4. The molecule has 0 aliphatic heterocycles. The molecule has 1 aliphatic rings. The molecule has 1 amide bonds. The highest BCUT2D eigenvalue weighted by Gasteiger charge is 2.29. The third-order valence-electron chi connectivity index (χ3n) is 4.11. The standard InChI is InChI=1S/C18H22N2O4/c1-18(22,10-12-3-7-14(23-2)8-4-12)11-19-17(21)15-9-16(24-20-15)13-5-6-13/h3-4,7-9,13,22H,5-6,10-11H2,1-2H3,(H,19,21)/t18-/m0/s1. The molecule has 1 atom stereocenters. The maximum Gasteiger partial charge on any atom is 0.273 e. The van der Waals surface area contributed by atoms with Crippen LogP contribution in [0.25, 0.3) is 0 Å². The summed E-state index contributed by atoms with van der Waals surface area (Å²) in [5.74, 6) is 1.62. The summed E-state index contributed by atoms with van der Waals surface area (Å²) in [4.78, 5) is 12.1. The van der Waals surface area contributed by atoms with E-state index in [1.54, 1.807) is 20.1 Å². The van der Waals surface area contributed by atoms with Crippen molar-refractivity contribution in [2.24, 2.45) is 0 Å². The van der Waals surface area contributed by atoms with Gasteiger partial charge in [0.15, 0.2) is 5.69 Å². The molecule has 0 bridgehead atoms. The highest BCUT2D eigenvalue weighted by Crippen LogP contribution is 2.40. The van der Waals surface area contributed by atoms with Crippen LogP contribution >= 0.6 is 0 Å². The lowest BCUT2D eigenvalue weighted by atomic mass is 9.96. The van der Waals surface area contributed by atoms with E-state index in [9.17, 15) is 9.90 Å². The number of aromatic nitrogens is 1. The van der Waals surface area contributed by atoms with Crippen molar-refractivity contribution in [2.45, 2.75) is 37.7 Å². The number of hydrogen-bond donors (Lipinski definition) is 2. The van der Waals surface area contributed by atoms with Gasteiger partial charge in [0.05, 0.1) is 12.7 Å². The van der Waals surface area contributed by atoms with E-state index in [0.29, 0.717) is 12.3 Å². The molecule has 1 aliphatic carbocycles. The van der Waals surface area contributed by atoms with Gasteiger partial charge < -0.3 is 19.7 Å². The first kappa shape index (κ1) is 16.5. The Labute approximate surface area is 140 Å². The fourth-order valence-corrected chi connectivity index (χ4v) is 2.56. The molecule has 6 nitrogen and oxygen atoms in total. The number of amides is 1. The van der Waals surface area contributed by atoms with Gasteiger partial charge in [-0.05, 0) is 37.5 Å². The maximum atomic E-state index is 12.1. The van der Waals surface area contributed by atoms with E-state index in [-0.39, 0.29) is 18.1 Å². The van der Waals surface area contributed by atoms with Gasteiger partial charge in [0, 0.05) is 24.9 Å². The number of carbonyl (C=O) groups excluding carboxylic acids is 1. The minimum absolute atomic E-state index is 0.128. The number of aliphatic hydroxyl groups is 1. The molecule has 2 aromatic rings. The van der Waals surface area contributed by atoms with Gasteiger partial charge in [0.2, 0.25) is 0 Å². The first-order valence-corrected chi connectivity index (χ1v) is 8.07. The van der Waals surface area contributed by atoms with Crippen molar-refractivity contribution in [2.75, 3.05) is 13.7 Å². The average Bonchev–Trinajstić information content (AvgIpc) is 3.30. The third-order valence-corrected chi connectivity index (χ3v) is 4.11. The van der Waals surface area contributed by atoms with E-state index < -0.39 is 5.60 Å². The SMILES string of the molecule is COc1ccc(C[C@](C)(O)CNC(=O)c2cc(C3CC3)on2)cc1. The lowest BCUT2D eigenvalue weighted by molar-refractivity contribution is 0.0550. The Morgan fingerprint density at radius 2 is 2.12 bits per heavy atom. The van der Waals surface area contributed by atoms with Crippen LogP contribution in [0.15, 0.2) is 34.9 Å². The number of benzene rings is 1. The summed E-state index contributed by atoms with van der Waals surface area (Å²) in [5.41, 5.74) is 0.164. The quantitative estimate of drug-likeness (QED) is 0.813. The van der Waals surface area contributed by atoms with E-state index in [1.807, 2.05) is 24.3 Å². The van der Waals surface area contributed by atoms with Gasteiger partial charge in [-0.25, -0.2) is 0 Å². The molecule has 24 heavy (non-hydrogen) atoms. The molecule has 1 fully saturated rings. The predicted molar refractivity (Wildman–Crippen MR) is 88.1 cm³/mol. The van der Waals surface area contributed by atoms with Gasteiger partial charge in [-0.3, -0.25) is 4.79 Å². The summed E-state index contributed by atoms with van der Waals surface area (Å²) in [6, 6.07) is 9.17. The smallest absolute Gasteiger partial charge is 0.273 e. The summed E-state index contributed by atoms with van der Waals surface area (Å²) >= 11 is 0. The normalized spacial score (nSPS) is 16.5. The van der Waals surface area contributed by atoms with Gasteiger partial charge >= 0.3 is 0 Å². The zero-order chi connectivity index (χ0) is 17.2. The lowest BCUT2D eigenvalue weighted by Crippen LogP contribution is -2.42. The van der Waals surface area contributed by atoms with Crippen molar-refractivity contribution in [3.63, 3.8) is 0 Å². The average molecular weight is 330 g/mol. The van der Waals surface area contributed by atoms with Crippen LogP contribution in [0.2, 0.25) is 0 Å². The molecule has 2 N–H and O–H groups in total. The number of carbonyl (C=O) groups is 1. The Bertz CT molecular complexity index is 702. The van der Waals surface area contributed by atoms with Crippen LogP contribution in [-0.2, 0) is 6.42 Å². The van der Waals surface area contributed by atoms with Crippen molar-refractivity contribution in [1.29, 1.82) is 0 Å². The van der Waals surface area contributed by atoms with Crippen LogP contribution in [0.5, 0.6) is 5.75 Å². The van der Waals surface area contributed by atoms with Crippen molar-refractivity contribution >= 4 is 5.91 Å². The molecule has 0 saturated heterocycles. The van der Waals surface area contributed by atoms with E-state index in [0.717, 1.165) is 29.9 Å². The minimum Gasteiger partial charge on any atom is -0.497 e. The Balaban J connectivity index is 1.53. The van der Waals surface area contributed by atoms with Crippen LogP contribution in [-0.4, -0.2) is 35.4 Å². The van der Waals surface area contributed by atoms with Crippen LogP contribution in [0.3, 0.4) is 0 Å². The first-order valence-electron chi connectivity index (χ1n) is 8.07. The van der Waals surface area contributed by atoms with E-state index >= 15 is 0 Å². The number of nitrogens with one attached hydrogen (secondary N) is 1. The second-order valence-electron chi connectivity index (χ2n) is 6.59. The van der Waals surface area contributed by atoms with Gasteiger partial charge in [0.25, 0.3) is 5.91 Å². The minimum atomic E-state index is -1.06. The Kier molecular flexibility index (Phi) is 4.57. The molecule has 1 heterocycles. The van der Waals surface area contributed by atoms with Gasteiger partial charge in [-0.1, -0.05) is 17.3 Å².